The highest BCUT2D eigenvalue weighted by Gasteiger charge is 2.36. The molecule has 0 radical (unpaired) electrons. The molecule has 0 bridgehead atoms. The van der Waals surface area contributed by atoms with Crippen LogP contribution in [0.2, 0.25) is 0 Å². The molecule has 0 aliphatic rings. The number of hydrogen-bond donors (Lipinski definition) is 2. The molecule has 3 N–H and O–H groups in total. The van der Waals surface area contributed by atoms with Crippen LogP contribution < -0.4 is 11.1 Å². The summed E-state index contributed by atoms with van der Waals surface area (Å²) in [7, 11) is 0. The Labute approximate surface area is 93.8 Å². The first-order valence-electron chi connectivity index (χ1n) is 5.83. The van der Waals surface area contributed by atoms with E-state index in [0.29, 0.717) is 24.9 Å². The predicted octanol–water partition coefficient (Wildman–Crippen LogP) is 1.77. The van der Waals surface area contributed by atoms with Gasteiger partial charge in [0.25, 0.3) is 0 Å². The zero-order chi connectivity index (χ0) is 12.1. The van der Waals surface area contributed by atoms with Gasteiger partial charge in [0.1, 0.15) is 0 Å². The van der Waals surface area contributed by atoms with Gasteiger partial charge in [-0.05, 0) is 18.3 Å². The minimum absolute atomic E-state index is 0.136. The maximum atomic E-state index is 12.0. The van der Waals surface area contributed by atoms with Gasteiger partial charge >= 0.3 is 0 Å². The van der Waals surface area contributed by atoms with Crippen LogP contribution in [0.25, 0.3) is 0 Å². The van der Waals surface area contributed by atoms with Crippen molar-refractivity contribution in [2.24, 2.45) is 23.0 Å². The Morgan fingerprint density at radius 2 is 1.87 bits per heavy atom. The molecule has 1 amide bonds. The maximum absolute atomic E-state index is 12.0. The van der Waals surface area contributed by atoms with Gasteiger partial charge in [0.2, 0.25) is 5.91 Å². The third-order valence-corrected chi connectivity index (χ3v) is 3.06. The van der Waals surface area contributed by atoms with Crippen molar-refractivity contribution in [2.45, 2.75) is 41.0 Å². The zero-order valence-corrected chi connectivity index (χ0v) is 10.8. The lowest BCUT2D eigenvalue weighted by atomic mass is 9.72. The minimum atomic E-state index is -0.274. The van der Waals surface area contributed by atoms with Gasteiger partial charge in [-0.15, -0.1) is 0 Å². The van der Waals surface area contributed by atoms with E-state index in [-0.39, 0.29) is 11.3 Å². The average molecular weight is 214 g/mol. The summed E-state index contributed by atoms with van der Waals surface area (Å²) in [5.41, 5.74) is 5.11. The van der Waals surface area contributed by atoms with E-state index in [9.17, 15) is 4.79 Å². The molecule has 90 valence electrons. The molecular weight excluding hydrogens is 188 g/mol. The quantitative estimate of drug-likeness (QED) is 0.708. The van der Waals surface area contributed by atoms with E-state index in [2.05, 4.69) is 33.0 Å². The van der Waals surface area contributed by atoms with E-state index in [1.54, 1.807) is 0 Å². The number of rotatable bonds is 6. The third kappa shape index (κ3) is 4.20. The summed E-state index contributed by atoms with van der Waals surface area (Å²) < 4.78 is 0. The van der Waals surface area contributed by atoms with Crippen LogP contribution in [0.5, 0.6) is 0 Å². The van der Waals surface area contributed by atoms with Gasteiger partial charge in [-0.2, -0.15) is 0 Å². The standard InChI is InChI=1S/C12H26N2O/c1-9(2)8-12(5,10(3)4)11(15)14-7-6-13/h9-10H,6-8,13H2,1-5H3,(H,14,15). The molecule has 0 rings (SSSR count). The van der Waals surface area contributed by atoms with Crippen molar-refractivity contribution in [3.05, 3.63) is 0 Å². The summed E-state index contributed by atoms with van der Waals surface area (Å²) in [6, 6.07) is 0. The largest absolute Gasteiger partial charge is 0.354 e. The molecule has 0 aromatic carbocycles. The van der Waals surface area contributed by atoms with E-state index < -0.39 is 0 Å². The Balaban J connectivity index is 4.55. The summed E-state index contributed by atoms with van der Waals surface area (Å²) in [6.45, 7) is 11.6. The summed E-state index contributed by atoms with van der Waals surface area (Å²) in [6.07, 6.45) is 0.918. The lowest BCUT2D eigenvalue weighted by molar-refractivity contribution is -0.133. The SMILES string of the molecule is CC(C)CC(C)(C(=O)NCCN)C(C)C. The number of nitrogens with one attached hydrogen (secondary N) is 1. The summed E-state index contributed by atoms with van der Waals surface area (Å²) in [5.74, 6) is 1.01. The van der Waals surface area contributed by atoms with Gasteiger partial charge in [-0.25, -0.2) is 0 Å². The number of carbonyl (C=O) groups is 1. The smallest absolute Gasteiger partial charge is 0.226 e. The molecule has 1 atom stereocenters. The van der Waals surface area contributed by atoms with Crippen LogP contribution in [0.4, 0.5) is 0 Å². The molecule has 0 aromatic rings. The molecule has 0 aromatic heterocycles. The Bertz CT molecular complexity index is 202. The fraction of sp³-hybridized carbons (Fsp3) is 0.917. The zero-order valence-electron chi connectivity index (χ0n) is 10.8. The lowest BCUT2D eigenvalue weighted by Crippen LogP contribution is -2.44. The lowest BCUT2D eigenvalue weighted by Gasteiger charge is -2.33. The number of nitrogens with two attached hydrogens (primary N) is 1. The van der Waals surface area contributed by atoms with Gasteiger partial charge in [-0.3, -0.25) is 4.79 Å². The Morgan fingerprint density at radius 3 is 2.20 bits per heavy atom. The fourth-order valence-corrected chi connectivity index (χ4v) is 1.83. The van der Waals surface area contributed by atoms with Gasteiger partial charge in [0.15, 0.2) is 0 Å². The predicted molar refractivity (Wildman–Crippen MR) is 64.5 cm³/mol. The van der Waals surface area contributed by atoms with Gasteiger partial charge in [0.05, 0.1) is 0 Å². The first kappa shape index (κ1) is 14.4. The molecule has 3 heteroatoms. The van der Waals surface area contributed by atoms with Gasteiger partial charge in [0, 0.05) is 18.5 Å². The number of carbonyl (C=O) groups excluding carboxylic acids is 1. The van der Waals surface area contributed by atoms with E-state index in [1.807, 2.05) is 6.92 Å². The topological polar surface area (TPSA) is 55.1 Å². The first-order valence-corrected chi connectivity index (χ1v) is 5.83. The van der Waals surface area contributed by atoms with Crippen LogP contribution in [0.1, 0.15) is 41.0 Å². The minimum Gasteiger partial charge on any atom is -0.354 e. The Hall–Kier alpha value is -0.570. The molecule has 3 nitrogen and oxygen atoms in total. The molecule has 0 saturated heterocycles. The van der Waals surface area contributed by atoms with Crippen molar-refractivity contribution in [2.75, 3.05) is 13.1 Å². The van der Waals surface area contributed by atoms with E-state index in [4.69, 9.17) is 5.73 Å². The summed E-state index contributed by atoms with van der Waals surface area (Å²) >= 11 is 0. The molecule has 1 unspecified atom stereocenters. The monoisotopic (exact) mass is 214 g/mol. The molecule has 0 saturated carbocycles. The van der Waals surface area contributed by atoms with Crippen molar-refractivity contribution in [1.29, 1.82) is 0 Å². The highest BCUT2D eigenvalue weighted by molar-refractivity contribution is 5.82. The second-order valence-electron chi connectivity index (χ2n) is 5.21. The third-order valence-electron chi connectivity index (χ3n) is 3.06. The van der Waals surface area contributed by atoms with E-state index in [0.717, 1.165) is 6.42 Å². The fourth-order valence-electron chi connectivity index (χ4n) is 1.83. The Morgan fingerprint density at radius 1 is 1.33 bits per heavy atom. The average Bonchev–Trinajstić information content (AvgIpc) is 2.12. The number of hydrogen-bond acceptors (Lipinski definition) is 2. The molecular formula is C12H26N2O. The van der Waals surface area contributed by atoms with Crippen molar-refractivity contribution in [1.82, 2.24) is 5.32 Å². The Kier molecular flexibility index (Phi) is 5.88. The molecule has 15 heavy (non-hydrogen) atoms. The highest BCUT2D eigenvalue weighted by atomic mass is 16.2. The van der Waals surface area contributed by atoms with Crippen LogP contribution in [-0.2, 0) is 4.79 Å². The van der Waals surface area contributed by atoms with E-state index >= 15 is 0 Å². The summed E-state index contributed by atoms with van der Waals surface area (Å²) in [4.78, 5) is 12.0. The van der Waals surface area contributed by atoms with Crippen molar-refractivity contribution in [3.63, 3.8) is 0 Å². The highest BCUT2D eigenvalue weighted by Crippen LogP contribution is 2.34. The molecule has 0 fully saturated rings. The van der Waals surface area contributed by atoms with Crippen molar-refractivity contribution < 1.29 is 4.79 Å². The van der Waals surface area contributed by atoms with Crippen LogP contribution >= 0.6 is 0 Å². The molecule has 0 heterocycles. The molecule has 0 aliphatic carbocycles. The maximum Gasteiger partial charge on any atom is 0.226 e. The van der Waals surface area contributed by atoms with Crippen molar-refractivity contribution >= 4 is 5.91 Å². The van der Waals surface area contributed by atoms with Gasteiger partial charge < -0.3 is 11.1 Å². The summed E-state index contributed by atoms with van der Waals surface area (Å²) in [5, 5.41) is 2.90. The van der Waals surface area contributed by atoms with Gasteiger partial charge in [-0.1, -0.05) is 34.6 Å². The number of amides is 1. The second kappa shape index (κ2) is 6.11. The molecule has 0 aliphatic heterocycles. The first-order chi connectivity index (χ1) is 6.84. The van der Waals surface area contributed by atoms with Crippen LogP contribution in [0, 0.1) is 17.3 Å². The van der Waals surface area contributed by atoms with E-state index in [1.165, 1.54) is 0 Å². The normalized spacial score (nSPS) is 15.5. The van der Waals surface area contributed by atoms with Crippen LogP contribution in [-0.4, -0.2) is 19.0 Å². The van der Waals surface area contributed by atoms with Crippen LogP contribution in [0.15, 0.2) is 0 Å². The molecule has 0 spiro atoms. The van der Waals surface area contributed by atoms with Crippen LogP contribution in [0.3, 0.4) is 0 Å². The second-order valence-corrected chi connectivity index (χ2v) is 5.21. The van der Waals surface area contributed by atoms with Crippen molar-refractivity contribution in [3.8, 4) is 0 Å².